The van der Waals surface area contributed by atoms with Crippen molar-refractivity contribution in [3.63, 3.8) is 0 Å². The van der Waals surface area contributed by atoms with Gasteiger partial charge < -0.3 is 16.0 Å². The Bertz CT molecular complexity index is 588. The van der Waals surface area contributed by atoms with Gasteiger partial charge in [-0.05, 0) is 49.4 Å². The van der Waals surface area contributed by atoms with Crippen LogP contribution in [0.1, 0.15) is 31.7 Å². The van der Waals surface area contributed by atoms with Crippen molar-refractivity contribution >= 4 is 33.5 Å². The number of piperidine rings is 1. The highest BCUT2D eigenvalue weighted by atomic mass is 79.9. The minimum atomic E-state index is -0.0426. The number of hydrogen-bond acceptors (Lipinski definition) is 2. The number of nitrogens with two attached hydrogens (primary N) is 1. The van der Waals surface area contributed by atoms with Crippen molar-refractivity contribution in [3.8, 4) is 0 Å². The number of carbonyl (C=O) groups is 1. The Morgan fingerprint density at radius 3 is 3.00 bits per heavy atom. The summed E-state index contributed by atoms with van der Waals surface area (Å²) in [7, 11) is 0. The van der Waals surface area contributed by atoms with Crippen LogP contribution in [0.4, 0.5) is 5.69 Å². The minimum absolute atomic E-state index is 0.0426. The lowest BCUT2D eigenvalue weighted by Crippen LogP contribution is -2.43. The molecule has 1 atom stereocenters. The third-order valence-corrected chi connectivity index (χ3v) is 4.55. The molecule has 1 aromatic rings. The first-order valence-electron chi connectivity index (χ1n) is 8.06. The van der Waals surface area contributed by atoms with Gasteiger partial charge >= 0.3 is 0 Å². The summed E-state index contributed by atoms with van der Waals surface area (Å²) in [5, 5.41) is 2.91. The second-order valence-electron chi connectivity index (χ2n) is 6.19. The van der Waals surface area contributed by atoms with Gasteiger partial charge in [-0.2, -0.15) is 0 Å². The topological polar surface area (TPSA) is 70.7 Å². The molecule has 3 N–H and O–H groups in total. The van der Waals surface area contributed by atoms with Crippen molar-refractivity contribution in [1.29, 1.82) is 0 Å². The van der Waals surface area contributed by atoms with Gasteiger partial charge in [0.2, 0.25) is 5.91 Å². The molecule has 1 aliphatic rings. The molecule has 5 nitrogen and oxygen atoms in total. The molecule has 1 heterocycles. The average Bonchev–Trinajstić information content (AvgIpc) is 2.50. The molecule has 2 rings (SSSR count). The summed E-state index contributed by atoms with van der Waals surface area (Å²) in [5.41, 5.74) is 7.89. The largest absolute Gasteiger partial charge is 0.370 e. The number of amides is 1. The Morgan fingerprint density at radius 1 is 1.52 bits per heavy atom. The Labute approximate surface area is 146 Å². The fourth-order valence-corrected chi connectivity index (χ4v) is 3.23. The first-order valence-corrected chi connectivity index (χ1v) is 8.86. The summed E-state index contributed by atoms with van der Waals surface area (Å²) in [4.78, 5) is 18.5. The molecule has 1 saturated heterocycles. The molecule has 1 aromatic carbocycles. The van der Waals surface area contributed by atoms with E-state index in [0.717, 1.165) is 35.2 Å². The molecule has 23 heavy (non-hydrogen) atoms. The molecule has 0 aliphatic carbocycles. The lowest BCUT2D eigenvalue weighted by molar-refractivity contribution is -0.116. The van der Waals surface area contributed by atoms with Crippen molar-refractivity contribution in [1.82, 2.24) is 4.90 Å². The highest BCUT2D eigenvalue weighted by Gasteiger charge is 2.17. The Kier molecular flexibility index (Phi) is 6.45. The van der Waals surface area contributed by atoms with Crippen molar-refractivity contribution < 1.29 is 4.79 Å². The normalized spacial score (nSPS) is 18.8. The molecule has 0 radical (unpaired) electrons. The lowest BCUT2D eigenvalue weighted by Gasteiger charge is -2.31. The summed E-state index contributed by atoms with van der Waals surface area (Å²) in [6, 6.07) is 5.78. The van der Waals surface area contributed by atoms with Crippen molar-refractivity contribution in [3.05, 3.63) is 28.2 Å². The second-order valence-corrected chi connectivity index (χ2v) is 7.11. The predicted molar refractivity (Wildman–Crippen MR) is 98.6 cm³/mol. The summed E-state index contributed by atoms with van der Waals surface area (Å²) in [6.45, 7) is 6.53. The van der Waals surface area contributed by atoms with Gasteiger partial charge in [-0.3, -0.25) is 9.79 Å². The first-order chi connectivity index (χ1) is 11.0. The number of nitrogens with zero attached hydrogens (tertiary/aromatic N) is 2. The molecule has 1 unspecified atom stereocenters. The maximum atomic E-state index is 12.0. The van der Waals surface area contributed by atoms with E-state index in [2.05, 4.69) is 38.1 Å². The SMILES string of the molecule is Cc1cc(Br)ccc1NC(=O)CCN=C(N)N1CCCC(C)C1. The van der Waals surface area contributed by atoms with Crippen LogP contribution in [0, 0.1) is 12.8 Å². The molecule has 1 fully saturated rings. The molecule has 0 saturated carbocycles. The summed E-state index contributed by atoms with van der Waals surface area (Å²) >= 11 is 3.41. The highest BCUT2D eigenvalue weighted by molar-refractivity contribution is 9.10. The molecule has 0 bridgehead atoms. The van der Waals surface area contributed by atoms with E-state index >= 15 is 0 Å². The number of likely N-dealkylation sites (tertiary alicyclic amines) is 1. The smallest absolute Gasteiger partial charge is 0.226 e. The maximum absolute atomic E-state index is 12.0. The zero-order chi connectivity index (χ0) is 16.8. The predicted octanol–water partition coefficient (Wildman–Crippen LogP) is 3.13. The van der Waals surface area contributed by atoms with Gasteiger partial charge in [0.15, 0.2) is 5.96 Å². The average molecular weight is 381 g/mol. The fraction of sp³-hybridized carbons (Fsp3) is 0.529. The maximum Gasteiger partial charge on any atom is 0.226 e. The molecule has 1 aliphatic heterocycles. The van der Waals surface area contributed by atoms with Crippen LogP contribution >= 0.6 is 15.9 Å². The molecule has 6 heteroatoms. The zero-order valence-corrected chi connectivity index (χ0v) is 15.4. The number of guanidine groups is 1. The third-order valence-electron chi connectivity index (χ3n) is 4.06. The molecule has 126 valence electrons. The number of benzene rings is 1. The van der Waals surface area contributed by atoms with E-state index in [1.165, 1.54) is 6.42 Å². The summed E-state index contributed by atoms with van der Waals surface area (Å²) in [5.74, 6) is 1.17. The van der Waals surface area contributed by atoms with Gasteiger partial charge in [0.25, 0.3) is 0 Å². The van der Waals surface area contributed by atoms with E-state index in [9.17, 15) is 4.79 Å². The molecular weight excluding hydrogens is 356 g/mol. The van der Waals surface area contributed by atoms with Crippen LogP contribution in [0.3, 0.4) is 0 Å². The number of aryl methyl sites for hydroxylation is 1. The zero-order valence-electron chi connectivity index (χ0n) is 13.8. The standard InChI is InChI=1S/C17H25BrN4O/c1-12-4-3-9-22(11-12)17(19)20-8-7-16(23)21-15-6-5-14(18)10-13(15)2/h5-6,10,12H,3-4,7-9,11H2,1-2H3,(H2,19,20)(H,21,23). The van der Waals surface area contributed by atoms with E-state index in [4.69, 9.17) is 5.73 Å². The third kappa shape index (κ3) is 5.53. The minimum Gasteiger partial charge on any atom is -0.370 e. The van der Waals surface area contributed by atoms with Crippen LogP contribution in [-0.2, 0) is 4.79 Å². The highest BCUT2D eigenvalue weighted by Crippen LogP contribution is 2.20. The Balaban J connectivity index is 1.80. The monoisotopic (exact) mass is 380 g/mol. The van der Waals surface area contributed by atoms with E-state index < -0.39 is 0 Å². The molecular formula is C17H25BrN4O. The van der Waals surface area contributed by atoms with Crippen LogP contribution in [-0.4, -0.2) is 36.4 Å². The number of aliphatic imine (C=N–C) groups is 1. The van der Waals surface area contributed by atoms with E-state index in [1.807, 2.05) is 25.1 Å². The van der Waals surface area contributed by atoms with Gasteiger partial charge in [0, 0.05) is 29.7 Å². The number of halogens is 1. The van der Waals surface area contributed by atoms with Crippen LogP contribution in [0.2, 0.25) is 0 Å². The van der Waals surface area contributed by atoms with E-state index in [1.54, 1.807) is 0 Å². The Hall–Kier alpha value is -1.56. The lowest BCUT2D eigenvalue weighted by atomic mass is 10.0. The van der Waals surface area contributed by atoms with Gasteiger partial charge in [-0.1, -0.05) is 22.9 Å². The van der Waals surface area contributed by atoms with Crippen molar-refractivity contribution in [2.45, 2.75) is 33.1 Å². The number of rotatable bonds is 4. The van der Waals surface area contributed by atoms with Gasteiger partial charge in [-0.15, -0.1) is 0 Å². The summed E-state index contributed by atoms with van der Waals surface area (Å²) in [6.07, 6.45) is 2.74. The van der Waals surface area contributed by atoms with Crippen LogP contribution in [0.15, 0.2) is 27.7 Å². The van der Waals surface area contributed by atoms with Gasteiger partial charge in [-0.25, -0.2) is 0 Å². The fourth-order valence-electron chi connectivity index (χ4n) is 2.75. The van der Waals surface area contributed by atoms with Gasteiger partial charge in [0.1, 0.15) is 0 Å². The van der Waals surface area contributed by atoms with Crippen LogP contribution in [0.25, 0.3) is 0 Å². The molecule has 0 spiro atoms. The molecule has 0 aromatic heterocycles. The Morgan fingerprint density at radius 2 is 2.30 bits per heavy atom. The van der Waals surface area contributed by atoms with E-state index in [-0.39, 0.29) is 5.91 Å². The number of hydrogen-bond donors (Lipinski definition) is 2. The van der Waals surface area contributed by atoms with Crippen LogP contribution in [0.5, 0.6) is 0 Å². The summed E-state index contributed by atoms with van der Waals surface area (Å²) < 4.78 is 1.00. The van der Waals surface area contributed by atoms with Crippen molar-refractivity contribution in [2.24, 2.45) is 16.6 Å². The second kappa shape index (κ2) is 8.34. The van der Waals surface area contributed by atoms with Crippen molar-refractivity contribution in [2.75, 3.05) is 25.0 Å². The quantitative estimate of drug-likeness (QED) is 0.622. The number of anilines is 1. The van der Waals surface area contributed by atoms with Crippen LogP contribution < -0.4 is 11.1 Å². The molecule has 1 amide bonds. The van der Waals surface area contributed by atoms with E-state index in [0.29, 0.717) is 24.8 Å². The number of carbonyl (C=O) groups excluding carboxylic acids is 1. The number of nitrogens with one attached hydrogen (secondary N) is 1. The first kappa shape index (κ1) is 17.8. The van der Waals surface area contributed by atoms with Gasteiger partial charge in [0.05, 0.1) is 6.54 Å².